The molecule has 6 heteroatoms. The van der Waals surface area contributed by atoms with Gasteiger partial charge in [-0.25, -0.2) is 0 Å². The molecule has 70 heavy (non-hydrogen) atoms. The number of hydrogen-bond donors (Lipinski definition) is 3. The van der Waals surface area contributed by atoms with Gasteiger partial charge in [-0.3, -0.25) is 9.59 Å². The number of aliphatic hydroxyl groups excluding tert-OH is 2. The maximum absolute atomic E-state index is 12.5. The van der Waals surface area contributed by atoms with Crippen molar-refractivity contribution in [1.82, 2.24) is 5.32 Å². The van der Waals surface area contributed by atoms with Crippen LogP contribution in [0, 0.1) is 0 Å². The second-order valence-electron chi connectivity index (χ2n) is 22.1. The highest BCUT2D eigenvalue weighted by atomic mass is 16.5. The molecule has 0 aliphatic heterocycles. The predicted molar refractivity (Wildman–Crippen MR) is 306 cm³/mol. The van der Waals surface area contributed by atoms with Crippen molar-refractivity contribution in [3.05, 3.63) is 12.2 Å². The molecule has 416 valence electrons. The molecule has 0 rings (SSSR count). The quantitative estimate of drug-likeness (QED) is 0.0321. The monoisotopic (exact) mass is 988 g/mol. The highest BCUT2D eigenvalue weighted by Gasteiger charge is 2.20. The number of hydrogen-bond acceptors (Lipinski definition) is 5. The van der Waals surface area contributed by atoms with Crippen molar-refractivity contribution >= 4 is 11.9 Å². The zero-order chi connectivity index (χ0) is 50.7. The van der Waals surface area contributed by atoms with Crippen molar-refractivity contribution in [2.45, 2.75) is 373 Å². The number of nitrogens with one attached hydrogen (secondary N) is 1. The van der Waals surface area contributed by atoms with Gasteiger partial charge in [0.1, 0.15) is 0 Å². The van der Waals surface area contributed by atoms with Crippen molar-refractivity contribution in [2.24, 2.45) is 0 Å². The number of allylic oxidation sites excluding steroid dienone is 2. The Bertz CT molecular complexity index is 1050. The molecule has 0 fully saturated rings. The molecule has 3 N–H and O–H groups in total. The highest BCUT2D eigenvalue weighted by Crippen LogP contribution is 2.18. The predicted octanol–water partition coefficient (Wildman–Crippen LogP) is 20.0. The fourth-order valence-corrected chi connectivity index (χ4v) is 10.2. The number of rotatable bonds is 60. The van der Waals surface area contributed by atoms with Crippen LogP contribution in [0.1, 0.15) is 361 Å². The Kier molecular flexibility index (Phi) is 59.0. The largest absolute Gasteiger partial charge is 0.466 e. The first kappa shape index (κ1) is 68.6. The molecule has 0 radical (unpaired) electrons. The lowest BCUT2D eigenvalue weighted by atomic mass is 10.0. The van der Waals surface area contributed by atoms with Crippen LogP contribution in [0.4, 0.5) is 0 Å². The SMILES string of the molecule is CCCCCCCCCCCCCCCCCCCCCCCCCCCC(O)C(CO)NC(=O)CCC/C=C\CCCCCCOC(=O)CCCCCCCCCCCCCCCCCCCCC. The van der Waals surface area contributed by atoms with Gasteiger partial charge in [-0.05, 0) is 44.9 Å². The van der Waals surface area contributed by atoms with E-state index in [0.717, 1.165) is 70.6 Å². The number of amides is 1. The van der Waals surface area contributed by atoms with E-state index in [1.807, 2.05) is 0 Å². The zero-order valence-corrected chi connectivity index (χ0v) is 47.5. The molecule has 1 amide bonds. The first-order chi connectivity index (χ1) is 34.5. The van der Waals surface area contributed by atoms with Crippen molar-refractivity contribution in [3.8, 4) is 0 Å². The van der Waals surface area contributed by atoms with E-state index in [1.54, 1.807) is 0 Å². The average Bonchev–Trinajstić information content (AvgIpc) is 3.36. The fraction of sp³-hybridized carbons (Fsp3) is 0.938. The van der Waals surface area contributed by atoms with E-state index in [2.05, 4.69) is 31.3 Å². The van der Waals surface area contributed by atoms with Crippen LogP contribution in [0.2, 0.25) is 0 Å². The van der Waals surface area contributed by atoms with Crippen LogP contribution < -0.4 is 5.32 Å². The molecule has 0 aliphatic rings. The molecule has 0 heterocycles. The van der Waals surface area contributed by atoms with Gasteiger partial charge < -0.3 is 20.3 Å². The molecule has 0 saturated carbocycles. The van der Waals surface area contributed by atoms with E-state index in [9.17, 15) is 19.8 Å². The minimum absolute atomic E-state index is 0.0292. The zero-order valence-electron chi connectivity index (χ0n) is 47.5. The van der Waals surface area contributed by atoms with Crippen LogP contribution in [-0.2, 0) is 14.3 Å². The molecule has 6 nitrogen and oxygen atoms in total. The lowest BCUT2D eigenvalue weighted by Gasteiger charge is -2.22. The molecule has 0 spiro atoms. The van der Waals surface area contributed by atoms with Crippen LogP contribution >= 0.6 is 0 Å². The summed E-state index contributed by atoms with van der Waals surface area (Å²) in [5.41, 5.74) is 0. The van der Waals surface area contributed by atoms with Gasteiger partial charge in [-0.1, -0.05) is 315 Å². The van der Waals surface area contributed by atoms with Gasteiger partial charge in [-0.2, -0.15) is 0 Å². The third kappa shape index (κ3) is 55.9. The lowest BCUT2D eigenvalue weighted by molar-refractivity contribution is -0.143. The standard InChI is InChI=1S/C64H125NO5/c1-3-5-7-9-11-13-15-17-19-21-23-24-25-26-27-28-30-31-33-35-37-40-44-48-52-56-62(67)61(60-66)65-63(68)57-53-49-45-41-39-43-47-51-55-59-70-64(69)58-54-50-46-42-38-36-34-32-29-22-20-18-16-14-12-10-8-6-4-2/h41,45,61-62,66-67H,3-40,42-44,46-60H2,1-2H3,(H,65,68)/b45-41-. The Hall–Kier alpha value is -1.40. The van der Waals surface area contributed by atoms with Crippen LogP contribution in [-0.4, -0.2) is 47.4 Å². The molecule has 0 aliphatic carbocycles. The fourth-order valence-electron chi connectivity index (χ4n) is 10.2. The van der Waals surface area contributed by atoms with E-state index in [1.165, 1.54) is 257 Å². The minimum atomic E-state index is -0.696. The summed E-state index contributed by atoms with van der Waals surface area (Å²) in [4.78, 5) is 24.6. The Morgan fingerprint density at radius 2 is 0.686 bits per heavy atom. The average molecular weight is 989 g/mol. The Morgan fingerprint density at radius 3 is 1.04 bits per heavy atom. The molecule has 0 saturated heterocycles. The first-order valence-electron chi connectivity index (χ1n) is 31.9. The topological polar surface area (TPSA) is 95.9 Å². The number of aliphatic hydroxyl groups is 2. The summed E-state index contributed by atoms with van der Waals surface area (Å²) >= 11 is 0. The molecular formula is C64H125NO5. The van der Waals surface area contributed by atoms with Gasteiger partial charge >= 0.3 is 5.97 Å². The third-order valence-corrected chi connectivity index (χ3v) is 15.1. The molecule has 2 atom stereocenters. The lowest BCUT2D eigenvalue weighted by Crippen LogP contribution is -2.45. The van der Waals surface area contributed by atoms with E-state index in [0.29, 0.717) is 25.9 Å². The Morgan fingerprint density at radius 1 is 0.386 bits per heavy atom. The maximum atomic E-state index is 12.5. The van der Waals surface area contributed by atoms with Gasteiger partial charge in [0.25, 0.3) is 0 Å². The van der Waals surface area contributed by atoms with Crippen LogP contribution in [0.3, 0.4) is 0 Å². The van der Waals surface area contributed by atoms with Gasteiger partial charge in [-0.15, -0.1) is 0 Å². The molecular weight excluding hydrogens is 863 g/mol. The molecule has 2 unspecified atom stereocenters. The van der Waals surface area contributed by atoms with Crippen molar-refractivity contribution < 1.29 is 24.5 Å². The van der Waals surface area contributed by atoms with E-state index in [-0.39, 0.29) is 18.5 Å². The van der Waals surface area contributed by atoms with Crippen molar-refractivity contribution in [2.75, 3.05) is 13.2 Å². The van der Waals surface area contributed by atoms with Crippen LogP contribution in [0.5, 0.6) is 0 Å². The third-order valence-electron chi connectivity index (χ3n) is 15.1. The van der Waals surface area contributed by atoms with Gasteiger partial charge in [0.05, 0.1) is 25.4 Å². The van der Waals surface area contributed by atoms with Crippen molar-refractivity contribution in [3.63, 3.8) is 0 Å². The number of carbonyl (C=O) groups excluding carboxylic acids is 2. The van der Waals surface area contributed by atoms with Gasteiger partial charge in [0.15, 0.2) is 0 Å². The molecule has 0 aromatic rings. The van der Waals surface area contributed by atoms with E-state index in [4.69, 9.17) is 4.74 Å². The van der Waals surface area contributed by atoms with Gasteiger partial charge in [0, 0.05) is 12.8 Å². The normalized spacial score (nSPS) is 12.6. The molecule has 0 aromatic heterocycles. The Balaban J connectivity index is 3.47. The maximum Gasteiger partial charge on any atom is 0.305 e. The van der Waals surface area contributed by atoms with Gasteiger partial charge in [0.2, 0.25) is 5.91 Å². The summed E-state index contributed by atoms with van der Waals surface area (Å²) in [6, 6.07) is -0.579. The summed E-state index contributed by atoms with van der Waals surface area (Å²) < 4.78 is 5.47. The summed E-state index contributed by atoms with van der Waals surface area (Å²) in [5, 5.41) is 23.3. The summed E-state index contributed by atoms with van der Waals surface area (Å²) in [6.07, 6.45) is 72.4. The van der Waals surface area contributed by atoms with Crippen LogP contribution in [0.25, 0.3) is 0 Å². The van der Waals surface area contributed by atoms with E-state index < -0.39 is 12.1 Å². The number of unbranched alkanes of at least 4 members (excludes halogenated alkanes) is 47. The number of ether oxygens (including phenoxy) is 1. The summed E-state index contributed by atoms with van der Waals surface area (Å²) in [6.45, 7) is 4.90. The van der Waals surface area contributed by atoms with Crippen LogP contribution in [0.15, 0.2) is 12.2 Å². The molecule has 0 aromatic carbocycles. The number of carbonyl (C=O) groups is 2. The summed E-state index contributed by atoms with van der Waals surface area (Å²) in [7, 11) is 0. The van der Waals surface area contributed by atoms with Crippen molar-refractivity contribution in [1.29, 1.82) is 0 Å². The minimum Gasteiger partial charge on any atom is -0.466 e. The first-order valence-corrected chi connectivity index (χ1v) is 31.9. The number of esters is 1. The molecule has 0 bridgehead atoms. The highest BCUT2D eigenvalue weighted by molar-refractivity contribution is 5.76. The Labute approximate surface area is 438 Å². The van der Waals surface area contributed by atoms with E-state index >= 15 is 0 Å². The second kappa shape index (κ2) is 60.2. The smallest absolute Gasteiger partial charge is 0.305 e. The second-order valence-corrected chi connectivity index (χ2v) is 22.1. The summed E-state index contributed by atoms with van der Waals surface area (Å²) in [5.74, 6) is -0.119.